The minimum absolute atomic E-state index is 0.157. The molecule has 1 unspecified atom stereocenters. The Balaban J connectivity index is 1.52. The molecule has 0 bridgehead atoms. The van der Waals surface area contributed by atoms with Crippen molar-refractivity contribution in [1.82, 2.24) is 29.6 Å². The van der Waals surface area contributed by atoms with Crippen LogP contribution in [0.4, 0.5) is 20.5 Å². The van der Waals surface area contributed by atoms with Crippen molar-refractivity contribution in [3.05, 3.63) is 48.1 Å². The van der Waals surface area contributed by atoms with E-state index >= 15 is 0 Å². The first-order valence-electron chi connectivity index (χ1n) is 10.7. The van der Waals surface area contributed by atoms with E-state index in [1.54, 1.807) is 23.1 Å². The molecule has 164 valence electrons. The molecule has 1 N–H and O–H groups in total. The quantitative estimate of drug-likeness (QED) is 0.603. The second kappa shape index (κ2) is 9.47. The first kappa shape index (κ1) is 21.3. The molecule has 0 spiro atoms. The molecule has 4 heterocycles. The molecule has 4 rings (SSSR count). The van der Waals surface area contributed by atoms with Crippen LogP contribution in [0, 0.1) is 17.6 Å². The molecule has 3 aromatic heterocycles. The van der Waals surface area contributed by atoms with E-state index in [9.17, 15) is 8.78 Å². The summed E-state index contributed by atoms with van der Waals surface area (Å²) in [6.45, 7) is 7.46. The molecule has 9 heteroatoms. The van der Waals surface area contributed by atoms with E-state index in [1.807, 2.05) is 6.92 Å². The van der Waals surface area contributed by atoms with E-state index in [0.29, 0.717) is 29.4 Å². The number of anilines is 2. The van der Waals surface area contributed by atoms with Crippen molar-refractivity contribution < 1.29 is 8.78 Å². The van der Waals surface area contributed by atoms with Gasteiger partial charge in [-0.1, -0.05) is 13.8 Å². The standard InChI is InChI=1S/C22H27F2N7/c1-3-6-31-14-17(9-27-31)21-19(24)11-26-22(29-21)28-20-8-16(18(23)10-25-20)13-30-7-4-5-15(2)12-30/h8-11,14-15H,3-7,12-13H2,1-2H3,(H,25,26,28,29). The average Bonchev–Trinajstić information content (AvgIpc) is 3.21. The Bertz CT molecular complexity index is 1040. The van der Waals surface area contributed by atoms with Gasteiger partial charge in [0.05, 0.1) is 18.6 Å². The van der Waals surface area contributed by atoms with E-state index in [1.165, 1.54) is 12.6 Å². The van der Waals surface area contributed by atoms with Gasteiger partial charge in [-0.05, 0) is 37.8 Å². The molecule has 0 aromatic carbocycles. The largest absolute Gasteiger partial charge is 0.309 e. The fourth-order valence-corrected chi connectivity index (χ4v) is 3.92. The smallest absolute Gasteiger partial charge is 0.229 e. The molecule has 0 saturated carbocycles. The first-order chi connectivity index (χ1) is 15.0. The zero-order valence-corrected chi connectivity index (χ0v) is 17.9. The third-order valence-corrected chi connectivity index (χ3v) is 5.41. The second-order valence-corrected chi connectivity index (χ2v) is 8.15. The van der Waals surface area contributed by atoms with Crippen LogP contribution in [-0.2, 0) is 13.1 Å². The van der Waals surface area contributed by atoms with Crippen molar-refractivity contribution in [3.8, 4) is 11.3 Å². The van der Waals surface area contributed by atoms with Crippen molar-refractivity contribution >= 4 is 11.8 Å². The number of rotatable bonds is 7. The van der Waals surface area contributed by atoms with Gasteiger partial charge in [-0.25, -0.2) is 23.7 Å². The van der Waals surface area contributed by atoms with Crippen LogP contribution in [0.3, 0.4) is 0 Å². The number of nitrogens with one attached hydrogen (secondary N) is 1. The van der Waals surface area contributed by atoms with Gasteiger partial charge < -0.3 is 5.32 Å². The zero-order valence-electron chi connectivity index (χ0n) is 17.9. The van der Waals surface area contributed by atoms with Gasteiger partial charge in [-0.15, -0.1) is 0 Å². The molecule has 0 aliphatic carbocycles. The Morgan fingerprint density at radius 1 is 1.16 bits per heavy atom. The fourth-order valence-electron chi connectivity index (χ4n) is 3.92. The maximum atomic E-state index is 14.4. The maximum Gasteiger partial charge on any atom is 0.229 e. The zero-order chi connectivity index (χ0) is 21.8. The summed E-state index contributed by atoms with van der Waals surface area (Å²) in [5, 5.41) is 7.20. The number of aryl methyl sites for hydroxylation is 1. The predicted octanol–water partition coefficient (Wildman–Crippen LogP) is 4.40. The van der Waals surface area contributed by atoms with Gasteiger partial charge in [-0.3, -0.25) is 9.58 Å². The van der Waals surface area contributed by atoms with Gasteiger partial charge in [0.25, 0.3) is 0 Å². The molecule has 0 radical (unpaired) electrons. The summed E-state index contributed by atoms with van der Waals surface area (Å²) in [6, 6.07) is 1.67. The fraction of sp³-hybridized carbons (Fsp3) is 0.455. The lowest BCUT2D eigenvalue weighted by Gasteiger charge is -2.30. The summed E-state index contributed by atoms with van der Waals surface area (Å²) in [6.07, 6.45) is 8.91. The number of hydrogen-bond donors (Lipinski definition) is 1. The minimum Gasteiger partial charge on any atom is -0.309 e. The Morgan fingerprint density at radius 3 is 2.81 bits per heavy atom. The number of hydrogen-bond acceptors (Lipinski definition) is 6. The van der Waals surface area contributed by atoms with Gasteiger partial charge in [0.15, 0.2) is 5.82 Å². The summed E-state index contributed by atoms with van der Waals surface area (Å²) in [5.74, 6) is 0.349. The van der Waals surface area contributed by atoms with Crippen molar-refractivity contribution in [1.29, 1.82) is 0 Å². The molecular formula is C22H27F2N7. The Hall–Kier alpha value is -2.94. The van der Waals surface area contributed by atoms with E-state index in [-0.39, 0.29) is 17.5 Å². The van der Waals surface area contributed by atoms with E-state index < -0.39 is 5.82 Å². The number of pyridine rings is 1. The summed E-state index contributed by atoms with van der Waals surface area (Å²) < 4.78 is 30.4. The molecule has 0 amide bonds. The van der Waals surface area contributed by atoms with E-state index in [2.05, 4.69) is 37.2 Å². The highest BCUT2D eigenvalue weighted by Gasteiger charge is 2.18. The normalized spacial score (nSPS) is 17.1. The number of aromatic nitrogens is 5. The first-order valence-corrected chi connectivity index (χ1v) is 10.7. The summed E-state index contributed by atoms with van der Waals surface area (Å²) in [7, 11) is 0. The molecule has 7 nitrogen and oxygen atoms in total. The van der Waals surface area contributed by atoms with Crippen LogP contribution in [-0.4, -0.2) is 42.7 Å². The van der Waals surface area contributed by atoms with Crippen LogP contribution < -0.4 is 5.32 Å². The molecule has 31 heavy (non-hydrogen) atoms. The SMILES string of the molecule is CCCn1cc(-c2nc(Nc3cc(CN4CCCC(C)C4)c(F)cn3)ncc2F)cn1. The van der Waals surface area contributed by atoms with Gasteiger partial charge in [0, 0.05) is 37.0 Å². The van der Waals surface area contributed by atoms with Crippen LogP contribution in [0.2, 0.25) is 0 Å². The van der Waals surface area contributed by atoms with Crippen molar-refractivity contribution in [2.75, 3.05) is 18.4 Å². The van der Waals surface area contributed by atoms with Crippen molar-refractivity contribution in [2.24, 2.45) is 5.92 Å². The maximum absolute atomic E-state index is 14.4. The van der Waals surface area contributed by atoms with Gasteiger partial charge in [0.2, 0.25) is 5.95 Å². The number of halogens is 2. The molecular weight excluding hydrogens is 400 g/mol. The average molecular weight is 428 g/mol. The molecule has 1 fully saturated rings. The van der Waals surface area contributed by atoms with Gasteiger partial charge in [-0.2, -0.15) is 5.10 Å². The lowest BCUT2D eigenvalue weighted by atomic mass is 10.00. The Labute approximate surface area is 180 Å². The van der Waals surface area contributed by atoms with E-state index in [0.717, 1.165) is 38.7 Å². The lowest BCUT2D eigenvalue weighted by molar-refractivity contribution is 0.175. The second-order valence-electron chi connectivity index (χ2n) is 8.15. The molecule has 1 atom stereocenters. The molecule has 1 aliphatic heterocycles. The highest BCUT2D eigenvalue weighted by molar-refractivity contribution is 5.60. The van der Waals surface area contributed by atoms with Gasteiger partial charge in [0.1, 0.15) is 17.3 Å². The Morgan fingerprint density at radius 2 is 2.00 bits per heavy atom. The lowest BCUT2D eigenvalue weighted by Crippen LogP contribution is -2.34. The van der Waals surface area contributed by atoms with Crippen molar-refractivity contribution in [3.63, 3.8) is 0 Å². The summed E-state index contributed by atoms with van der Waals surface area (Å²) >= 11 is 0. The highest BCUT2D eigenvalue weighted by Crippen LogP contribution is 2.24. The van der Waals surface area contributed by atoms with E-state index in [4.69, 9.17) is 0 Å². The van der Waals surface area contributed by atoms with Crippen LogP contribution in [0.1, 0.15) is 38.7 Å². The predicted molar refractivity (Wildman–Crippen MR) is 115 cm³/mol. The number of nitrogens with zero attached hydrogens (tertiary/aromatic N) is 6. The molecule has 1 aliphatic rings. The topological polar surface area (TPSA) is 71.8 Å². The summed E-state index contributed by atoms with van der Waals surface area (Å²) in [5.41, 5.74) is 1.29. The third-order valence-electron chi connectivity index (χ3n) is 5.41. The molecule has 3 aromatic rings. The van der Waals surface area contributed by atoms with Crippen LogP contribution >= 0.6 is 0 Å². The minimum atomic E-state index is -0.534. The number of likely N-dealkylation sites (tertiary alicyclic amines) is 1. The van der Waals surface area contributed by atoms with Crippen LogP contribution in [0.25, 0.3) is 11.3 Å². The van der Waals surface area contributed by atoms with Crippen molar-refractivity contribution in [2.45, 2.75) is 46.2 Å². The van der Waals surface area contributed by atoms with Crippen LogP contribution in [0.15, 0.2) is 30.9 Å². The highest BCUT2D eigenvalue weighted by atomic mass is 19.1. The van der Waals surface area contributed by atoms with Crippen LogP contribution in [0.5, 0.6) is 0 Å². The number of piperidine rings is 1. The monoisotopic (exact) mass is 427 g/mol. The molecule has 1 saturated heterocycles. The Kier molecular flexibility index (Phi) is 6.50. The summed E-state index contributed by atoms with van der Waals surface area (Å²) in [4.78, 5) is 14.7. The third kappa shape index (κ3) is 5.22. The van der Waals surface area contributed by atoms with Gasteiger partial charge >= 0.3 is 0 Å².